The number of hydrogen-bond donors (Lipinski definition) is 3. The van der Waals surface area contributed by atoms with Crippen LogP contribution in [0, 0.1) is 0 Å². The van der Waals surface area contributed by atoms with E-state index >= 15 is 0 Å². The van der Waals surface area contributed by atoms with Crippen LogP contribution < -0.4 is 21.0 Å². The zero-order chi connectivity index (χ0) is 18.4. The molecule has 130 valence electrons. The minimum Gasteiger partial charge on any atom is -0.478 e. The van der Waals surface area contributed by atoms with Gasteiger partial charge in [0, 0.05) is 24.4 Å². The van der Waals surface area contributed by atoms with Crippen LogP contribution in [0.1, 0.15) is 17.3 Å². The van der Waals surface area contributed by atoms with Gasteiger partial charge >= 0.3 is 5.97 Å². The van der Waals surface area contributed by atoms with Crippen LogP contribution in [0.4, 0.5) is 11.4 Å². The smallest absolute Gasteiger partial charge is 0.337 e. The van der Waals surface area contributed by atoms with Crippen LogP contribution in [0.25, 0.3) is 0 Å². The third-order valence-electron chi connectivity index (χ3n) is 2.95. The van der Waals surface area contributed by atoms with Crippen LogP contribution in [0.15, 0.2) is 47.4 Å². The Bertz CT molecular complexity index is 857. The highest BCUT2D eigenvalue weighted by Gasteiger charge is 2.08. The summed E-state index contributed by atoms with van der Waals surface area (Å²) in [6.07, 6.45) is 0.986. The number of carboxylic acid groups (broad SMARTS) is 1. The summed E-state index contributed by atoms with van der Waals surface area (Å²) in [6.45, 7) is 0.894. The van der Waals surface area contributed by atoms with Gasteiger partial charge in [-0.2, -0.15) is 4.73 Å². The predicted octanol–water partition coefficient (Wildman–Crippen LogP) is 0.572. The van der Waals surface area contributed by atoms with Crippen molar-refractivity contribution in [3.05, 3.63) is 58.5 Å². The van der Waals surface area contributed by atoms with Crippen LogP contribution in [-0.2, 0) is 9.59 Å². The number of carboxylic acids is 1. The monoisotopic (exact) mass is 345 g/mol. The molecular weight excluding hydrogens is 330 g/mol. The van der Waals surface area contributed by atoms with Crippen molar-refractivity contribution in [1.29, 1.82) is 0 Å². The Morgan fingerprint density at radius 1 is 1.04 bits per heavy atom. The molecule has 0 saturated heterocycles. The van der Waals surface area contributed by atoms with Gasteiger partial charge < -0.3 is 20.6 Å². The van der Waals surface area contributed by atoms with Gasteiger partial charge in [0.15, 0.2) is 6.61 Å². The fraction of sp³-hybridized carbons (Fsp3) is 0.125. The Hall–Kier alpha value is -3.62. The number of aromatic nitrogens is 1. The standard InChI is InChI=1S/C16H15N3O6/c1-10(20)17-12-3-5-13(6-4-12)18-14(21)9-25-19-8-11(16(23)24)2-7-15(19)22/h2-8H,9H2,1H3,(H,17,20)(H,18,21)(H,23,24). The molecule has 0 saturated carbocycles. The lowest BCUT2D eigenvalue weighted by Gasteiger charge is -2.10. The molecule has 2 rings (SSSR count). The first-order valence-corrected chi connectivity index (χ1v) is 7.12. The molecule has 25 heavy (non-hydrogen) atoms. The SMILES string of the molecule is CC(=O)Nc1ccc(NC(=O)COn2cc(C(=O)O)ccc2=O)cc1. The lowest BCUT2D eigenvalue weighted by Crippen LogP contribution is -2.32. The van der Waals surface area contributed by atoms with Crippen molar-refractivity contribution < 1.29 is 24.3 Å². The Morgan fingerprint density at radius 3 is 2.20 bits per heavy atom. The topological polar surface area (TPSA) is 127 Å². The molecule has 0 bridgehead atoms. The number of amides is 2. The molecule has 0 aliphatic heterocycles. The number of nitrogens with zero attached hydrogens (tertiary/aromatic N) is 1. The van der Waals surface area contributed by atoms with Gasteiger partial charge in [-0.25, -0.2) is 4.79 Å². The van der Waals surface area contributed by atoms with Gasteiger partial charge in [-0.15, -0.1) is 0 Å². The first-order valence-electron chi connectivity index (χ1n) is 7.12. The number of aromatic carboxylic acids is 1. The second kappa shape index (κ2) is 7.77. The molecule has 0 radical (unpaired) electrons. The van der Waals surface area contributed by atoms with E-state index in [0.717, 1.165) is 18.3 Å². The number of hydrogen-bond acceptors (Lipinski definition) is 5. The molecule has 1 heterocycles. The third-order valence-corrected chi connectivity index (χ3v) is 2.95. The molecule has 1 aromatic heterocycles. The number of carbonyl (C=O) groups excluding carboxylic acids is 2. The van der Waals surface area contributed by atoms with E-state index < -0.39 is 24.0 Å². The molecule has 3 N–H and O–H groups in total. The molecule has 1 aromatic carbocycles. The first kappa shape index (κ1) is 17.7. The summed E-state index contributed by atoms with van der Waals surface area (Å²) >= 11 is 0. The Morgan fingerprint density at radius 2 is 1.64 bits per heavy atom. The molecule has 0 spiro atoms. The van der Waals surface area contributed by atoms with Crippen molar-refractivity contribution in [3.63, 3.8) is 0 Å². The van der Waals surface area contributed by atoms with E-state index in [0.29, 0.717) is 16.1 Å². The van der Waals surface area contributed by atoms with Gasteiger partial charge in [0.25, 0.3) is 11.5 Å². The number of benzene rings is 1. The van der Waals surface area contributed by atoms with E-state index in [1.54, 1.807) is 24.3 Å². The van der Waals surface area contributed by atoms with Crippen LogP contribution >= 0.6 is 0 Å². The van der Waals surface area contributed by atoms with Gasteiger partial charge in [-0.3, -0.25) is 14.4 Å². The maximum atomic E-state index is 11.8. The Balaban J connectivity index is 1.95. The molecular formula is C16H15N3O6. The molecule has 0 unspecified atom stereocenters. The van der Waals surface area contributed by atoms with E-state index in [4.69, 9.17) is 9.94 Å². The quantitative estimate of drug-likeness (QED) is 0.702. The van der Waals surface area contributed by atoms with E-state index in [9.17, 15) is 19.2 Å². The van der Waals surface area contributed by atoms with Crippen LogP contribution in [-0.4, -0.2) is 34.2 Å². The molecule has 0 aliphatic rings. The highest BCUT2D eigenvalue weighted by molar-refractivity contribution is 5.93. The van der Waals surface area contributed by atoms with Gasteiger partial charge in [0.05, 0.1) is 11.8 Å². The summed E-state index contributed by atoms with van der Waals surface area (Å²) in [6, 6.07) is 8.56. The average molecular weight is 345 g/mol. The summed E-state index contributed by atoms with van der Waals surface area (Å²) in [4.78, 5) is 50.2. The average Bonchev–Trinajstić information content (AvgIpc) is 2.55. The van der Waals surface area contributed by atoms with Crippen LogP contribution in [0.2, 0.25) is 0 Å². The molecule has 2 amide bonds. The zero-order valence-electron chi connectivity index (χ0n) is 13.2. The molecule has 9 heteroatoms. The van der Waals surface area contributed by atoms with Crippen molar-refractivity contribution in [2.75, 3.05) is 17.2 Å². The first-order chi connectivity index (χ1) is 11.8. The fourth-order valence-corrected chi connectivity index (χ4v) is 1.86. The highest BCUT2D eigenvalue weighted by Crippen LogP contribution is 2.13. The van der Waals surface area contributed by atoms with Crippen LogP contribution in [0.3, 0.4) is 0 Å². The predicted molar refractivity (Wildman–Crippen MR) is 88.5 cm³/mol. The summed E-state index contributed by atoms with van der Waals surface area (Å²) in [5.74, 6) is -1.97. The molecule has 9 nitrogen and oxygen atoms in total. The molecule has 0 aliphatic carbocycles. The minimum absolute atomic E-state index is 0.145. The van der Waals surface area contributed by atoms with Crippen molar-refractivity contribution in [2.45, 2.75) is 6.92 Å². The molecule has 0 fully saturated rings. The van der Waals surface area contributed by atoms with Gasteiger partial charge in [-0.1, -0.05) is 0 Å². The number of carbonyl (C=O) groups is 3. The van der Waals surface area contributed by atoms with Crippen molar-refractivity contribution in [1.82, 2.24) is 4.73 Å². The number of anilines is 2. The number of pyridine rings is 1. The largest absolute Gasteiger partial charge is 0.478 e. The van der Waals surface area contributed by atoms with E-state index in [-0.39, 0.29) is 11.5 Å². The second-order valence-corrected chi connectivity index (χ2v) is 4.97. The zero-order valence-corrected chi connectivity index (χ0v) is 13.2. The lowest BCUT2D eigenvalue weighted by atomic mass is 10.2. The van der Waals surface area contributed by atoms with Crippen molar-refractivity contribution in [2.24, 2.45) is 0 Å². The van der Waals surface area contributed by atoms with Crippen LogP contribution in [0.5, 0.6) is 0 Å². The minimum atomic E-state index is -1.22. The fourth-order valence-electron chi connectivity index (χ4n) is 1.86. The summed E-state index contributed by atoms with van der Waals surface area (Å²) < 4.78 is 0.683. The van der Waals surface area contributed by atoms with Crippen molar-refractivity contribution in [3.8, 4) is 0 Å². The van der Waals surface area contributed by atoms with Gasteiger partial charge in [-0.05, 0) is 30.3 Å². The normalized spacial score (nSPS) is 9.96. The van der Waals surface area contributed by atoms with E-state index in [2.05, 4.69) is 10.6 Å². The highest BCUT2D eigenvalue weighted by atomic mass is 16.7. The summed E-state index contributed by atoms with van der Waals surface area (Å²) in [5, 5.41) is 14.0. The number of rotatable bonds is 6. The second-order valence-electron chi connectivity index (χ2n) is 4.97. The van der Waals surface area contributed by atoms with Gasteiger partial charge in [0.1, 0.15) is 0 Å². The lowest BCUT2D eigenvalue weighted by molar-refractivity contribution is -0.121. The number of nitrogens with one attached hydrogen (secondary N) is 2. The maximum absolute atomic E-state index is 11.8. The Labute approximate surface area is 141 Å². The van der Waals surface area contributed by atoms with E-state index in [1.807, 2.05) is 0 Å². The Kier molecular flexibility index (Phi) is 5.51. The molecule has 0 atom stereocenters. The molecule has 2 aromatic rings. The summed E-state index contributed by atoms with van der Waals surface area (Å²) in [5.41, 5.74) is 0.305. The summed E-state index contributed by atoms with van der Waals surface area (Å²) in [7, 11) is 0. The van der Waals surface area contributed by atoms with E-state index in [1.165, 1.54) is 6.92 Å². The maximum Gasteiger partial charge on any atom is 0.337 e. The van der Waals surface area contributed by atoms with Crippen molar-refractivity contribution >= 4 is 29.2 Å². The van der Waals surface area contributed by atoms with Gasteiger partial charge in [0.2, 0.25) is 5.91 Å². The third kappa shape index (κ3) is 5.20.